The number of nitrogens with two attached hydrogens (primary N) is 1. The fourth-order valence-electron chi connectivity index (χ4n) is 1.11. The summed E-state index contributed by atoms with van der Waals surface area (Å²) in [5, 5.41) is 0. The number of hydrogen-bond donors (Lipinski definition) is 1. The molecule has 0 unspecified atom stereocenters. The highest BCUT2D eigenvalue weighted by atomic mass is 32.1. The molecule has 3 heteroatoms. The molecular weight excluding hydrogens is 192 g/mol. The predicted octanol–water partition coefficient (Wildman–Crippen LogP) is 3.17. The Labute approximate surface area is 88.8 Å². The smallest absolute Gasteiger partial charge is 0.0856 e. The largest absolute Gasteiger partial charge is 0.326 e. The number of rotatable bonds is 1. The first kappa shape index (κ1) is 11.1. The Bertz CT molecular complexity index is 381. The molecule has 0 saturated heterocycles. The van der Waals surface area contributed by atoms with Gasteiger partial charge in [0.25, 0.3) is 0 Å². The molecule has 0 amide bonds. The minimum atomic E-state index is 0.571. The molecule has 1 aromatic carbocycles. The monoisotopic (exact) mass is 208 g/mol. The molecule has 0 spiro atoms. The summed E-state index contributed by atoms with van der Waals surface area (Å²) in [6, 6.07) is 6.09. The van der Waals surface area contributed by atoms with Crippen molar-refractivity contribution in [2.24, 2.45) is 5.73 Å². The second-order valence-corrected chi connectivity index (χ2v) is 3.91. The average molecular weight is 208 g/mol. The maximum absolute atomic E-state index is 5.54. The van der Waals surface area contributed by atoms with Gasteiger partial charge < -0.3 is 5.73 Å². The summed E-state index contributed by atoms with van der Waals surface area (Å²) in [6.07, 6.45) is 1.25. The van der Waals surface area contributed by atoms with Gasteiger partial charge in [-0.1, -0.05) is 32.4 Å². The van der Waals surface area contributed by atoms with Gasteiger partial charge in [-0.2, -0.15) is 0 Å². The van der Waals surface area contributed by atoms with Gasteiger partial charge in [0, 0.05) is 6.54 Å². The van der Waals surface area contributed by atoms with Crippen molar-refractivity contribution in [3.05, 3.63) is 29.3 Å². The molecule has 14 heavy (non-hydrogen) atoms. The van der Waals surface area contributed by atoms with Crippen LogP contribution in [-0.2, 0) is 6.54 Å². The Hall–Kier alpha value is -0.930. The Kier molecular flexibility index (Phi) is 4.56. The minimum absolute atomic E-state index is 0.571. The number of fused-ring (bicyclic) bond motifs is 1. The molecule has 0 aliphatic carbocycles. The molecule has 0 saturated carbocycles. The third kappa shape index (κ3) is 2.53. The van der Waals surface area contributed by atoms with Crippen molar-refractivity contribution in [1.82, 2.24) is 4.98 Å². The summed E-state index contributed by atoms with van der Waals surface area (Å²) in [6.45, 7) is 4.82. The molecule has 2 rings (SSSR count). The molecule has 0 radical (unpaired) electrons. The van der Waals surface area contributed by atoms with Crippen molar-refractivity contribution in [3.63, 3.8) is 0 Å². The van der Waals surface area contributed by atoms with Crippen molar-refractivity contribution in [1.29, 1.82) is 0 Å². The van der Waals surface area contributed by atoms with Crippen LogP contribution in [0.4, 0.5) is 0 Å². The highest BCUT2D eigenvalue weighted by Crippen LogP contribution is 2.20. The van der Waals surface area contributed by atoms with E-state index in [0.717, 1.165) is 11.1 Å². The summed E-state index contributed by atoms with van der Waals surface area (Å²) in [5.41, 5.74) is 9.57. The third-order valence-electron chi connectivity index (χ3n) is 1.66. The van der Waals surface area contributed by atoms with E-state index in [1.54, 1.807) is 11.3 Å². The van der Waals surface area contributed by atoms with Crippen LogP contribution in [0.25, 0.3) is 10.2 Å². The normalized spacial score (nSPS) is 9.64. The SMILES string of the molecule is CCC.NCc1cccc2scnc12. The van der Waals surface area contributed by atoms with Crippen LogP contribution in [0.2, 0.25) is 0 Å². The zero-order valence-electron chi connectivity index (χ0n) is 8.66. The van der Waals surface area contributed by atoms with E-state index < -0.39 is 0 Å². The van der Waals surface area contributed by atoms with Crippen LogP contribution in [0.15, 0.2) is 23.7 Å². The van der Waals surface area contributed by atoms with Crippen molar-refractivity contribution < 1.29 is 0 Å². The highest BCUT2D eigenvalue weighted by Gasteiger charge is 1.99. The van der Waals surface area contributed by atoms with Crippen molar-refractivity contribution in [2.45, 2.75) is 26.8 Å². The minimum Gasteiger partial charge on any atom is -0.326 e. The Balaban J connectivity index is 0.000000293. The van der Waals surface area contributed by atoms with Gasteiger partial charge >= 0.3 is 0 Å². The van der Waals surface area contributed by atoms with Gasteiger partial charge in [0.05, 0.1) is 15.7 Å². The van der Waals surface area contributed by atoms with Crippen LogP contribution in [0.3, 0.4) is 0 Å². The number of benzene rings is 1. The molecule has 76 valence electrons. The van der Waals surface area contributed by atoms with Crippen LogP contribution in [-0.4, -0.2) is 4.98 Å². The van der Waals surface area contributed by atoms with Crippen LogP contribution >= 0.6 is 11.3 Å². The molecule has 2 nitrogen and oxygen atoms in total. The molecule has 1 aromatic heterocycles. The zero-order valence-corrected chi connectivity index (χ0v) is 9.47. The summed E-state index contributed by atoms with van der Waals surface area (Å²) < 4.78 is 1.22. The average Bonchev–Trinajstić information content (AvgIpc) is 2.66. The maximum atomic E-state index is 5.54. The van der Waals surface area contributed by atoms with Gasteiger partial charge in [-0.05, 0) is 11.6 Å². The first-order chi connectivity index (χ1) is 6.83. The fraction of sp³-hybridized carbons (Fsp3) is 0.364. The van der Waals surface area contributed by atoms with Crippen molar-refractivity contribution >= 4 is 21.6 Å². The number of nitrogens with zero attached hydrogens (tertiary/aromatic N) is 1. The van der Waals surface area contributed by atoms with Gasteiger partial charge in [-0.3, -0.25) is 0 Å². The Morgan fingerprint density at radius 3 is 2.71 bits per heavy atom. The third-order valence-corrected chi connectivity index (χ3v) is 2.46. The molecule has 1 heterocycles. The second-order valence-electron chi connectivity index (χ2n) is 3.03. The number of thiazole rings is 1. The molecule has 2 aromatic rings. The van der Waals surface area contributed by atoms with E-state index in [9.17, 15) is 0 Å². The van der Waals surface area contributed by atoms with Crippen LogP contribution in [0.1, 0.15) is 25.8 Å². The highest BCUT2D eigenvalue weighted by molar-refractivity contribution is 7.16. The summed E-state index contributed by atoms with van der Waals surface area (Å²) in [7, 11) is 0. The van der Waals surface area contributed by atoms with Gasteiger partial charge in [0.1, 0.15) is 0 Å². The van der Waals surface area contributed by atoms with Gasteiger partial charge in [0.2, 0.25) is 0 Å². The molecular formula is C11H16N2S. The van der Waals surface area contributed by atoms with Crippen LogP contribution in [0, 0.1) is 0 Å². The first-order valence-electron chi connectivity index (χ1n) is 4.84. The maximum Gasteiger partial charge on any atom is 0.0856 e. The molecule has 2 N–H and O–H groups in total. The summed E-state index contributed by atoms with van der Waals surface area (Å²) >= 11 is 1.65. The molecule has 0 fully saturated rings. The summed E-state index contributed by atoms with van der Waals surface area (Å²) in [5.74, 6) is 0. The second kappa shape index (κ2) is 5.73. The lowest BCUT2D eigenvalue weighted by atomic mass is 10.2. The lowest BCUT2D eigenvalue weighted by Gasteiger charge is -1.95. The first-order valence-corrected chi connectivity index (χ1v) is 5.72. The van der Waals surface area contributed by atoms with Gasteiger partial charge in [0.15, 0.2) is 0 Å². The van der Waals surface area contributed by atoms with Crippen LogP contribution in [0.5, 0.6) is 0 Å². The zero-order chi connectivity index (χ0) is 10.4. The van der Waals surface area contributed by atoms with E-state index in [-0.39, 0.29) is 0 Å². The van der Waals surface area contributed by atoms with Gasteiger partial charge in [-0.15, -0.1) is 11.3 Å². The standard InChI is InChI=1S/C8H8N2S.C3H8/c9-4-6-2-1-3-7-8(6)10-5-11-7;1-3-2/h1-3,5H,4,9H2;3H2,1-2H3. The predicted molar refractivity (Wildman–Crippen MR) is 63.5 cm³/mol. The van der Waals surface area contributed by atoms with Gasteiger partial charge in [-0.25, -0.2) is 4.98 Å². The number of para-hydroxylation sites is 1. The Morgan fingerprint density at radius 1 is 1.36 bits per heavy atom. The topological polar surface area (TPSA) is 38.9 Å². The summed E-state index contributed by atoms with van der Waals surface area (Å²) in [4.78, 5) is 4.23. The molecule has 0 atom stereocenters. The number of aromatic nitrogens is 1. The van der Waals surface area contributed by atoms with Crippen LogP contribution < -0.4 is 5.73 Å². The lowest BCUT2D eigenvalue weighted by molar-refractivity contribution is 1.08. The quantitative estimate of drug-likeness (QED) is 0.781. The van der Waals surface area contributed by atoms with Crippen molar-refractivity contribution in [3.8, 4) is 0 Å². The van der Waals surface area contributed by atoms with E-state index in [1.165, 1.54) is 11.1 Å². The van der Waals surface area contributed by atoms with Crippen molar-refractivity contribution in [2.75, 3.05) is 0 Å². The van der Waals surface area contributed by atoms with E-state index in [1.807, 2.05) is 17.6 Å². The molecule has 0 bridgehead atoms. The van der Waals surface area contributed by atoms with E-state index in [2.05, 4.69) is 24.9 Å². The number of hydrogen-bond acceptors (Lipinski definition) is 3. The molecule has 0 aliphatic heterocycles. The van der Waals surface area contributed by atoms with E-state index in [0.29, 0.717) is 6.54 Å². The Morgan fingerprint density at radius 2 is 2.07 bits per heavy atom. The molecule has 0 aliphatic rings. The van der Waals surface area contributed by atoms with E-state index >= 15 is 0 Å². The lowest BCUT2D eigenvalue weighted by Crippen LogP contribution is -1.96. The van der Waals surface area contributed by atoms with E-state index in [4.69, 9.17) is 5.73 Å². The fourth-order valence-corrected chi connectivity index (χ4v) is 1.83.